The standard InChI is InChI=1S/C17H26BO8P/c1-16(2)17(3,4)26-18(25-16)12-8-13(24-11-15(19)21-5)10-14(9-12)27(20,22-6)23-7/h8-10H,11H2,1-7H3. The van der Waals surface area contributed by atoms with E-state index in [-0.39, 0.29) is 17.7 Å². The summed E-state index contributed by atoms with van der Waals surface area (Å²) in [7, 11) is -0.414. The Balaban J connectivity index is 2.44. The van der Waals surface area contributed by atoms with Gasteiger partial charge in [0.2, 0.25) is 0 Å². The van der Waals surface area contributed by atoms with Crippen molar-refractivity contribution in [3.8, 4) is 5.75 Å². The molecule has 0 N–H and O–H groups in total. The smallest absolute Gasteiger partial charge is 0.482 e. The number of hydrogen-bond acceptors (Lipinski definition) is 8. The van der Waals surface area contributed by atoms with Gasteiger partial charge in [-0.1, -0.05) is 0 Å². The maximum Gasteiger partial charge on any atom is 0.494 e. The van der Waals surface area contributed by atoms with Crippen molar-refractivity contribution in [2.24, 2.45) is 0 Å². The molecule has 150 valence electrons. The van der Waals surface area contributed by atoms with Crippen LogP contribution in [0.4, 0.5) is 0 Å². The predicted octanol–water partition coefficient (Wildman–Crippen LogP) is 1.65. The molecule has 0 aliphatic carbocycles. The molecule has 1 aliphatic rings. The molecule has 27 heavy (non-hydrogen) atoms. The van der Waals surface area contributed by atoms with E-state index in [2.05, 4.69) is 4.74 Å². The van der Waals surface area contributed by atoms with Crippen LogP contribution in [0.2, 0.25) is 0 Å². The van der Waals surface area contributed by atoms with Crippen LogP contribution in [0, 0.1) is 0 Å². The molecule has 0 atom stereocenters. The van der Waals surface area contributed by atoms with Crippen molar-refractivity contribution in [2.75, 3.05) is 27.9 Å². The van der Waals surface area contributed by atoms with E-state index in [4.69, 9.17) is 23.1 Å². The highest BCUT2D eigenvalue weighted by Gasteiger charge is 2.52. The number of methoxy groups -OCH3 is 1. The number of carbonyl (C=O) groups excluding carboxylic acids is 1. The number of benzene rings is 1. The van der Waals surface area contributed by atoms with Gasteiger partial charge in [-0.05, 0) is 51.4 Å². The molecular weight excluding hydrogens is 374 g/mol. The van der Waals surface area contributed by atoms with Crippen molar-refractivity contribution in [2.45, 2.75) is 38.9 Å². The predicted molar refractivity (Wildman–Crippen MR) is 101 cm³/mol. The lowest BCUT2D eigenvalue weighted by Gasteiger charge is -2.32. The molecule has 0 amide bonds. The van der Waals surface area contributed by atoms with Crippen molar-refractivity contribution in [3.63, 3.8) is 0 Å². The summed E-state index contributed by atoms with van der Waals surface area (Å²) in [6, 6.07) is 4.77. The molecule has 10 heteroatoms. The Hall–Kier alpha value is -1.38. The Morgan fingerprint density at radius 2 is 1.59 bits per heavy atom. The zero-order chi connectivity index (χ0) is 20.5. The summed E-state index contributed by atoms with van der Waals surface area (Å²) in [6.07, 6.45) is 0. The molecule has 0 bridgehead atoms. The minimum absolute atomic E-state index is 0.263. The van der Waals surface area contributed by atoms with Gasteiger partial charge >= 0.3 is 20.7 Å². The summed E-state index contributed by atoms with van der Waals surface area (Å²) >= 11 is 0. The third-order valence-electron chi connectivity index (χ3n) is 4.82. The van der Waals surface area contributed by atoms with Crippen LogP contribution in [0.3, 0.4) is 0 Å². The van der Waals surface area contributed by atoms with E-state index in [0.717, 1.165) is 0 Å². The van der Waals surface area contributed by atoms with Gasteiger partial charge in [0.25, 0.3) is 0 Å². The van der Waals surface area contributed by atoms with Crippen LogP contribution < -0.4 is 15.5 Å². The second-order valence-electron chi connectivity index (χ2n) is 7.08. The van der Waals surface area contributed by atoms with E-state index in [1.807, 2.05) is 27.7 Å². The summed E-state index contributed by atoms with van der Waals surface area (Å²) in [6.45, 7) is 7.43. The Morgan fingerprint density at radius 3 is 2.07 bits per heavy atom. The van der Waals surface area contributed by atoms with E-state index >= 15 is 0 Å². The third kappa shape index (κ3) is 4.55. The minimum atomic E-state index is -3.55. The first-order valence-electron chi connectivity index (χ1n) is 8.40. The molecule has 1 fully saturated rings. The van der Waals surface area contributed by atoms with Gasteiger partial charge in [0, 0.05) is 14.2 Å². The SMILES string of the molecule is COC(=O)COc1cc(B2OC(C)(C)C(C)(C)O2)cc(P(=O)(OC)OC)c1. The number of hydrogen-bond donors (Lipinski definition) is 0. The molecule has 1 heterocycles. The van der Waals surface area contributed by atoms with E-state index in [1.165, 1.54) is 27.4 Å². The van der Waals surface area contributed by atoms with Gasteiger partial charge < -0.3 is 27.8 Å². The van der Waals surface area contributed by atoms with Crippen molar-refractivity contribution >= 4 is 31.5 Å². The molecule has 1 saturated heterocycles. The molecule has 0 aromatic heterocycles. The van der Waals surface area contributed by atoms with E-state index < -0.39 is 31.9 Å². The molecular formula is C17H26BO8P. The van der Waals surface area contributed by atoms with Gasteiger partial charge in [-0.3, -0.25) is 4.57 Å². The van der Waals surface area contributed by atoms with Gasteiger partial charge in [-0.15, -0.1) is 0 Å². The number of ether oxygens (including phenoxy) is 2. The lowest BCUT2D eigenvalue weighted by Crippen LogP contribution is -2.41. The first kappa shape index (κ1) is 21.9. The van der Waals surface area contributed by atoms with Gasteiger partial charge in [0.05, 0.1) is 23.6 Å². The number of carbonyl (C=O) groups is 1. The fourth-order valence-electron chi connectivity index (χ4n) is 2.45. The Kier molecular flexibility index (Phi) is 6.44. The summed E-state index contributed by atoms with van der Waals surface area (Å²) < 4.78 is 45.1. The highest BCUT2D eigenvalue weighted by Crippen LogP contribution is 2.45. The molecule has 0 radical (unpaired) electrons. The quantitative estimate of drug-likeness (QED) is 0.388. The maximum absolute atomic E-state index is 12.8. The van der Waals surface area contributed by atoms with Gasteiger partial charge in [0.15, 0.2) is 6.61 Å². The highest BCUT2D eigenvalue weighted by molar-refractivity contribution is 7.62. The Bertz CT molecular complexity index is 724. The molecule has 1 aromatic rings. The minimum Gasteiger partial charge on any atom is -0.482 e. The molecule has 0 spiro atoms. The summed E-state index contributed by atoms with van der Waals surface area (Å²) in [5.74, 6) is -0.254. The maximum atomic E-state index is 12.8. The second-order valence-corrected chi connectivity index (χ2v) is 9.32. The van der Waals surface area contributed by atoms with Crippen LogP contribution >= 0.6 is 7.60 Å². The van der Waals surface area contributed by atoms with Crippen molar-refractivity contribution in [1.82, 2.24) is 0 Å². The summed E-state index contributed by atoms with van der Waals surface area (Å²) in [5, 5.41) is 0.263. The van der Waals surface area contributed by atoms with E-state index in [9.17, 15) is 9.36 Å². The topological polar surface area (TPSA) is 89.5 Å². The average molecular weight is 400 g/mol. The first-order valence-corrected chi connectivity index (χ1v) is 9.94. The number of esters is 1. The van der Waals surface area contributed by atoms with E-state index in [1.54, 1.807) is 12.1 Å². The zero-order valence-electron chi connectivity index (χ0n) is 16.7. The first-order chi connectivity index (χ1) is 12.5. The molecule has 1 aliphatic heterocycles. The lowest BCUT2D eigenvalue weighted by molar-refractivity contribution is -0.142. The lowest BCUT2D eigenvalue weighted by atomic mass is 9.79. The number of rotatable bonds is 7. The fourth-order valence-corrected chi connectivity index (χ4v) is 3.61. The highest BCUT2D eigenvalue weighted by atomic mass is 31.2. The van der Waals surface area contributed by atoms with Gasteiger partial charge in [-0.25, -0.2) is 4.79 Å². The molecule has 1 aromatic carbocycles. The van der Waals surface area contributed by atoms with E-state index in [0.29, 0.717) is 5.46 Å². The molecule has 2 rings (SSSR count). The molecule has 0 unspecified atom stereocenters. The van der Waals surface area contributed by atoms with Crippen molar-refractivity contribution in [3.05, 3.63) is 18.2 Å². The Morgan fingerprint density at radius 1 is 1.04 bits per heavy atom. The monoisotopic (exact) mass is 400 g/mol. The normalized spacial score (nSPS) is 18.4. The van der Waals surface area contributed by atoms with Crippen molar-refractivity contribution < 1.29 is 37.2 Å². The third-order valence-corrected chi connectivity index (χ3v) is 6.67. The van der Waals surface area contributed by atoms with Crippen LogP contribution in [0.25, 0.3) is 0 Å². The average Bonchev–Trinajstić information content (AvgIpc) is 2.86. The summed E-state index contributed by atoms with van der Waals surface area (Å²) in [4.78, 5) is 11.4. The second kappa shape index (κ2) is 7.93. The molecule has 8 nitrogen and oxygen atoms in total. The zero-order valence-corrected chi connectivity index (χ0v) is 17.6. The largest absolute Gasteiger partial charge is 0.494 e. The van der Waals surface area contributed by atoms with Crippen LogP contribution in [-0.2, 0) is 32.5 Å². The van der Waals surface area contributed by atoms with Crippen molar-refractivity contribution in [1.29, 1.82) is 0 Å². The van der Waals surface area contributed by atoms with Gasteiger partial charge in [-0.2, -0.15) is 0 Å². The molecule has 0 saturated carbocycles. The van der Waals surface area contributed by atoms with Crippen LogP contribution in [-0.4, -0.2) is 52.2 Å². The van der Waals surface area contributed by atoms with Gasteiger partial charge in [0.1, 0.15) is 5.75 Å². The fraction of sp³-hybridized carbons (Fsp3) is 0.588. The van der Waals surface area contributed by atoms with Crippen LogP contribution in [0.5, 0.6) is 5.75 Å². The summed E-state index contributed by atoms with van der Waals surface area (Å²) in [5.41, 5.74) is -0.528. The van der Waals surface area contributed by atoms with Crippen LogP contribution in [0.1, 0.15) is 27.7 Å². The van der Waals surface area contributed by atoms with Crippen LogP contribution in [0.15, 0.2) is 18.2 Å². The Labute approximate surface area is 160 Å².